The van der Waals surface area contributed by atoms with Crippen LogP contribution in [0.15, 0.2) is 45.1 Å². The van der Waals surface area contributed by atoms with Crippen LogP contribution in [0.25, 0.3) is 11.6 Å². The first-order chi connectivity index (χ1) is 11.7. The minimum atomic E-state index is 0. The average Bonchev–Trinajstić information content (AvgIpc) is 2.96. The van der Waals surface area contributed by atoms with Crippen LogP contribution in [0.4, 0.5) is 0 Å². The highest BCUT2D eigenvalue weighted by Gasteiger charge is 2.14. The van der Waals surface area contributed by atoms with E-state index in [4.69, 9.17) is 0 Å². The van der Waals surface area contributed by atoms with Gasteiger partial charge < -0.3 is 4.98 Å². The van der Waals surface area contributed by atoms with Gasteiger partial charge in [-0.05, 0) is 44.4 Å². The van der Waals surface area contributed by atoms with Crippen LogP contribution in [0, 0.1) is 6.92 Å². The second kappa shape index (κ2) is 7.89. The van der Waals surface area contributed by atoms with Crippen molar-refractivity contribution >= 4 is 23.4 Å². The number of rotatable bonds is 6. The number of hydrogen-bond donors (Lipinski definition) is 1. The smallest absolute Gasteiger partial charge is 0.133 e. The molecule has 1 aromatic heterocycles. The Morgan fingerprint density at radius 1 is 1.33 bits per heavy atom. The summed E-state index contributed by atoms with van der Waals surface area (Å²) in [6, 6.07) is 8.77. The van der Waals surface area contributed by atoms with E-state index in [9.17, 15) is 0 Å². The van der Waals surface area contributed by atoms with Crippen LogP contribution in [-0.2, 0) is 0 Å². The fraction of sp³-hybridized carbons (Fsp3) is 0.381. The predicted molar refractivity (Wildman–Crippen MR) is 106 cm³/mol. The molecule has 0 spiro atoms. The number of aromatic amines is 1. The summed E-state index contributed by atoms with van der Waals surface area (Å²) in [6.07, 6.45) is 9.35. The van der Waals surface area contributed by atoms with Gasteiger partial charge in [-0.15, -0.1) is 0 Å². The second-order valence-electron chi connectivity index (χ2n) is 6.41. The number of benzene rings is 1. The molecule has 0 saturated carbocycles. The highest BCUT2D eigenvalue weighted by Crippen LogP contribution is 2.30. The molecule has 0 radical (unpaired) electrons. The van der Waals surface area contributed by atoms with Gasteiger partial charge in [-0.2, -0.15) is 0 Å². The fourth-order valence-electron chi connectivity index (χ4n) is 2.92. The lowest BCUT2D eigenvalue weighted by molar-refractivity contribution is 0.815. The van der Waals surface area contributed by atoms with Gasteiger partial charge >= 0.3 is 0 Å². The summed E-state index contributed by atoms with van der Waals surface area (Å²) in [7, 11) is 0. The molecule has 24 heavy (non-hydrogen) atoms. The monoisotopic (exact) mass is 340 g/mol. The molecule has 1 aliphatic heterocycles. The molecule has 0 bridgehead atoms. The van der Waals surface area contributed by atoms with Gasteiger partial charge in [0.05, 0.1) is 5.69 Å². The summed E-state index contributed by atoms with van der Waals surface area (Å²) in [5.41, 5.74) is 4.92. The SMILES string of the molecule is CCCC/C=C(\C)c1[nH]c2c(c1Sc1ccc(C)cc1)=CCCN=2.[HH]. The standard InChI is InChI=1S/C21H26N2S.H2/c1-4-5-6-8-16(3)19-20(18-9-7-14-22-21(18)23-19)24-17-12-10-15(2)11-13-17;/h8-13H,4-7,14H2,1-3H3,(H,22,23);1H/b16-8+;. The number of nitrogens with zero attached hydrogens (tertiary/aromatic N) is 1. The van der Waals surface area contributed by atoms with Crippen LogP contribution in [-0.4, -0.2) is 11.5 Å². The lowest BCUT2D eigenvalue weighted by Gasteiger charge is -2.06. The van der Waals surface area contributed by atoms with Crippen molar-refractivity contribution in [3.63, 3.8) is 0 Å². The second-order valence-corrected chi connectivity index (χ2v) is 7.49. The first kappa shape index (κ1) is 17.1. The molecule has 1 aromatic carbocycles. The molecule has 0 atom stereocenters. The Hall–Kier alpha value is -1.74. The summed E-state index contributed by atoms with van der Waals surface area (Å²) >= 11 is 1.85. The number of aromatic nitrogens is 1. The Labute approximate surface area is 150 Å². The van der Waals surface area contributed by atoms with Crippen molar-refractivity contribution < 1.29 is 1.43 Å². The third kappa shape index (κ3) is 3.84. The molecule has 1 aliphatic rings. The van der Waals surface area contributed by atoms with E-state index in [2.05, 4.69) is 67.2 Å². The largest absolute Gasteiger partial charge is 0.339 e. The Balaban J connectivity index is 0.00000225. The highest BCUT2D eigenvalue weighted by atomic mass is 32.2. The number of hydrogen-bond acceptors (Lipinski definition) is 2. The zero-order chi connectivity index (χ0) is 16.9. The Morgan fingerprint density at radius 2 is 2.12 bits per heavy atom. The summed E-state index contributed by atoms with van der Waals surface area (Å²) in [6.45, 7) is 7.47. The van der Waals surface area contributed by atoms with E-state index in [1.165, 1.54) is 44.7 Å². The number of fused-ring (bicyclic) bond motifs is 1. The molecule has 2 heterocycles. The van der Waals surface area contributed by atoms with Gasteiger partial charge in [-0.1, -0.05) is 61.4 Å². The average molecular weight is 341 g/mol. The van der Waals surface area contributed by atoms with Gasteiger partial charge in [0.1, 0.15) is 5.49 Å². The maximum absolute atomic E-state index is 4.68. The molecule has 2 aromatic rings. The van der Waals surface area contributed by atoms with E-state index >= 15 is 0 Å². The van der Waals surface area contributed by atoms with E-state index in [0.29, 0.717) is 0 Å². The summed E-state index contributed by atoms with van der Waals surface area (Å²) in [5.74, 6) is 0. The van der Waals surface area contributed by atoms with Crippen LogP contribution in [0.2, 0.25) is 0 Å². The van der Waals surface area contributed by atoms with Gasteiger partial charge in [0.25, 0.3) is 0 Å². The zero-order valence-corrected chi connectivity index (χ0v) is 15.7. The maximum atomic E-state index is 4.68. The van der Waals surface area contributed by atoms with Gasteiger partial charge in [0, 0.05) is 23.0 Å². The van der Waals surface area contributed by atoms with Crippen molar-refractivity contribution in [2.45, 2.75) is 56.2 Å². The van der Waals surface area contributed by atoms with Crippen molar-refractivity contribution in [2.75, 3.05) is 6.54 Å². The lowest BCUT2D eigenvalue weighted by Crippen LogP contribution is -2.27. The number of nitrogens with one attached hydrogen (secondary N) is 1. The first-order valence-electron chi connectivity index (χ1n) is 8.87. The summed E-state index contributed by atoms with van der Waals surface area (Å²) in [5, 5.41) is 1.28. The molecule has 1 N–H and O–H groups in total. The lowest BCUT2D eigenvalue weighted by atomic mass is 10.1. The molecule has 0 amide bonds. The van der Waals surface area contributed by atoms with Crippen LogP contribution in [0.5, 0.6) is 0 Å². The van der Waals surface area contributed by atoms with Gasteiger partial charge in [-0.3, -0.25) is 4.99 Å². The van der Waals surface area contributed by atoms with Crippen LogP contribution < -0.4 is 10.7 Å². The molecule has 128 valence electrons. The van der Waals surface area contributed by atoms with Crippen molar-refractivity contribution in [3.05, 3.63) is 52.3 Å². The van der Waals surface area contributed by atoms with Crippen molar-refractivity contribution in [2.24, 2.45) is 4.99 Å². The van der Waals surface area contributed by atoms with E-state index in [1.807, 2.05) is 11.8 Å². The zero-order valence-electron chi connectivity index (χ0n) is 14.9. The molecule has 0 saturated heterocycles. The Morgan fingerprint density at radius 3 is 2.88 bits per heavy atom. The topological polar surface area (TPSA) is 28.1 Å². The molecular formula is C21H28N2S. The van der Waals surface area contributed by atoms with Crippen LogP contribution in [0.1, 0.15) is 52.2 Å². The molecule has 0 unspecified atom stereocenters. The molecule has 2 nitrogen and oxygen atoms in total. The van der Waals surface area contributed by atoms with Gasteiger partial charge in [0.2, 0.25) is 0 Å². The van der Waals surface area contributed by atoms with Crippen molar-refractivity contribution in [1.29, 1.82) is 0 Å². The number of aryl methyl sites for hydroxylation is 1. The van der Waals surface area contributed by atoms with Gasteiger partial charge in [-0.25, -0.2) is 0 Å². The van der Waals surface area contributed by atoms with E-state index < -0.39 is 0 Å². The number of H-pyrrole nitrogens is 1. The normalized spacial score (nSPS) is 14.0. The molecular weight excluding hydrogens is 312 g/mol. The Kier molecular flexibility index (Phi) is 5.62. The van der Waals surface area contributed by atoms with E-state index in [-0.39, 0.29) is 1.43 Å². The molecule has 0 fully saturated rings. The fourth-order valence-corrected chi connectivity index (χ4v) is 4.03. The van der Waals surface area contributed by atoms with Crippen molar-refractivity contribution in [1.82, 2.24) is 4.98 Å². The molecule has 0 aliphatic carbocycles. The van der Waals surface area contributed by atoms with Gasteiger partial charge in [0.15, 0.2) is 0 Å². The minimum absolute atomic E-state index is 0. The minimum Gasteiger partial charge on any atom is -0.339 e. The Bertz CT molecular complexity index is 847. The van der Waals surface area contributed by atoms with Crippen molar-refractivity contribution in [3.8, 4) is 0 Å². The quantitative estimate of drug-likeness (QED) is 0.727. The summed E-state index contributed by atoms with van der Waals surface area (Å²) in [4.78, 5) is 10.9. The molecule has 3 rings (SSSR count). The maximum Gasteiger partial charge on any atom is 0.133 e. The first-order valence-corrected chi connectivity index (χ1v) is 9.69. The highest BCUT2D eigenvalue weighted by molar-refractivity contribution is 7.99. The third-order valence-corrected chi connectivity index (χ3v) is 5.50. The third-order valence-electron chi connectivity index (χ3n) is 4.36. The summed E-state index contributed by atoms with van der Waals surface area (Å²) < 4.78 is 0. The van der Waals surface area contributed by atoms with Crippen LogP contribution >= 0.6 is 11.8 Å². The number of unbranched alkanes of at least 4 members (excludes halogenated alkanes) is 2. The van der Waals surface area contributed by atoms with Crippen LogP contribution in [0.3, 0.4) is 0 Å². The predicted octanol–water partition coefficient (Wildman–Crippen LogP) is 5.12. The molecule has 3 heteroatoms. The van der Waals surface area contributed by atoms with E-state index in [1.54, 1.807) is 0 Å². The van der Waals surface area contributed by atoms with E-state index in [0.717, 1.165) is 24.9 Å². The number of allylic oxidation sites excluding steroid dienone is 2.